The molecule has 3 N–H and O–H groups in total. The Morgan fingerprint density at radius 1 is 1.32 bits per heavy atom. The van der Waals surface area contributed by atoms with Crippen molar-refractivity contribution in [2.75, 3.05) is 12.4 Å². The third-order valence-electron chi connectivity index (χ3n) is 2.48. The summed E-state index contributed by atoms with van der Waals surface area (Å²) in [6, 6.07) is 8.41. The van der Waals surface area contributed by atoms with Gasteiger partial charge in [-0.15, -0.1) is 11.8 Å². The Morgan fingerprint density at radius 2 is 1.95 bits per heavy atom. The summed E-state index contributed by atoms with van der Waals surface area (Å²) in [5.41, 5.74) is 0.932. The van der Waals surface area contributed by atoms with Crippen molar-refractivity contribution in [2.45, 2.75) is 18.2 Å². The lowest BCUT2D eigenvalue weighted by molar-refractivity contribution is -0.140. The molecule has 104 valence electrons. The number of aliphatic hydroxyl groups is 1. The fourth-order valence-electron chi connectivity index (χ4n) is 1.55. The summed E-state index contributed by atoms with van der Waals surface area (Å²) in [5.74, 6) is -1.25. The highest BCUT2D eigenvalue weighted by atomic mass is 32.2. The number of carbonyl (C=O) groups excluding carboxylic acids is 1. The van der Waals surface area contributed by atoms with Gasteiger partial charge in [0.2, 0.25) is 5.91 Å². The summed E-state index contributed by atoms with van der Waals surface area (Å²) >= 11 is 1.31. The second-order valence-electron chi connectivity index (χ2n) is 4.01. The number of benzene rings is 1. The number of aliphatic carboxylic acids is 1. The number of aliphatic hydroxyl groups excluding tert-OH is 1. The summed E-state index contributed by atoms with van der Waals surface area (Å²) in [6.07, 6.45) is 0. The van der Waals surface area contributed by atoms with Gasteiger partial charge in [0.1, 0.15) is 6.04 Å². The van der Waals surface area contributed by atoms with Crippen molar-refractivity contribution in [1.29, 1.82) is 0 Å². The molecule has 6 heteroatoms. The number of nitrogens with one attached hydrogen (secondary N) is 1. The van der Waals surface area contributed by atoms with Crippen LogP contribution < -0.4 is 5.32 Å². The van der Waals surface area contributed by atoms with E-state index in [4.69, 9.17) is 5.11 Å². The molecular formula is C13H17NO4S. The molecule has 0 aliphatic rings. The molecule has 0 aliphatic carbocycles. The van der Waals surface area contributed by atoms with E-state index in [2.05, 4.69) is 5.32 Å². The number of carboxylic acid groups (broad SMARTS) is 1. The zero-order chi connectivity index (χ0) is 14.3. The van der Waals surface area contributed by atoms with E-state index in [1.165, 1.54) is 18.7 Å². The molecule has 0 radical (unpaired) electrons. The van der Waals surface area contributed by atoms with E-state index in [1.807, 2.05) is 30.3 Å². The Kier molecular flexibility index (Phi) is 6.38. The molecule has 0 spiro atoms. The third-order valence-corrected chi connectivity index (χ3v) is 3.83. The second kappa shape index (κ2) is 7.81. The molecular weight excluding hydrogens is 266 g/mol. The number of hydrogen-bond acceptors (Lipinski definition) is 4. The zero-order valence-electron chi connectivity index (χ0n) is 10.6. The van der Waals surface area contributed by atoms with Crippen LogP contribution in [-0.2, 0) is 9.59 Å². The van der Waals surface area contributed by atoms with Crippen molar-refractivity contribution >= 4 is 23.6 Å². The average Bonchev–Trinajstić information content (AvgIpc) is 2.38. The molecule has 0 fully saturated rings. The molecule has 1 aromatic rings. The lowest BCUT2D eigenvalue weighted by atomic mass is 10.2. The van der Waals surface area contributed by atoms with Crippen LogP contribution >= 0.6 is 11.8 Å². The Hall–Kier alpha value is -1.53. The smallest absolute Gasteiger partial charge is 0.327 e. The van der Waals surface area contributed by atoms with E-state index in [1.54, 1.807) is 0 Å². The fraction of sp³-hybridized carbons (Fsp3) is 0.385. The summed E-state index contributed by atoms with van der Waals surface area (Å²) in [4.78, 5) is 21.9. The van der Waals surface area contributed by atoms with Gasteiger partial charge in [-0.05, 0) is 5.56 Å². The first-order chi connectivity index (χ1) is 9.04. The summed E-state index contributed by atoms with van der Waals surface area (Å²) in [6.45, 7) is 1.20. The van der Waals surface area contributed by atoms with Gasteiger partial charge in [0.15, 0.2) is 0 Å². The Labute approximate surface area is 116 Å². The van der Waals surface area contributed by atoms with Gasteiger partial charge < -0.3 is 15.5 Å². The molecule has 0 bridgehead atoms. The van der Waals surface area contributed by atoms with E-state index in [0.29, 0.717) is 0 Å². The average molecular weight is 283 g/mol. The maximum Gasteiger partial charge on any atom is 0.327 e. The second-order valence-corrected chi connectivity index (χ2v) is 5.24. The molecule has 1 amide bonds. The quantitative estimate of drug-likeness (QED) is 0.696. The number of carbonyl (C=O) groups is 2. The molecule has 0 heterocycles. The van der Waals surface area contributed by atoms with E-state index in [9.17, 15) is 14.7 Å². The first kappa shape index (κ1) is 15.5. The van der Waals surface area contributed by atoms with Gasteiger partial charge in [0, 0.05) is 12.7 Å². The molecule has 5 nitrogen and oxygen atoms in total. The topological polar surface area (TPSA) is 86.6 Å². The van der Waals surface area contributed by atoms with Gasteiger partial charge in [-0.25, -0.2) is 4.79 Å². The maximum absolute atomic E-state index is 11.0. The van der Waals surface area contributed by atoms with Crippen molar-refractivity contribution in [1.82, 2.24) is 5.32 Å². The number of carboxylic acids is 1. The van der Waals surface area contributed by atoms with Gasteiger partial charge in [-0.1, -0.05) is 30.3 Å². The van der Waals surface area contributed by atoms with Crippen LogP contribution in [0, 0.1) is 0 Å². The summed E-state index contributed by atoms with van der Waals surface area (Å²) in [7, 11) is 0. The van der Waals surface area contributed by atoms with Crippen LogP contribution in [0.25, 0.3) is 0 Å². The van der Waals surface area contributed by atoms with Crippen molar-refractivity contribution in [3.8, 4) is 0 Å². The molecule has 0 aliphatic heterocycles. The number of hydrogen-bond donors (Lipinski definition) is 3. The van der Waals surface area contributed by atoms with E-state index >= 15 is 0 Å². The molecule has 0 aromatic heterocycles. The fourth-order valence-corrected chi connectivity index (χ4v) is 2.66. The molecule has 1 rings (SSSR count). The van der Waals surface area contributed by atoms with E-state index < -0.39 is 12.0 Å². The van der Waals surface area contributed by atoms with Crippen LogP contribution in [0.2, 0.25) is 0 Å². The van der Waals surface area contributed by atoms with Crippen LogP contribution in [0.15, 0.2) is 30.3 Å². The minimum Gasteiger partial charge on any atom is -0.480 e. The van der Waals surface area contributed by atoms with Crippen molar-refractivity contribution in [3.05, 3.63) is 35.9 Å². The first-order valence-corrected chi connectivity index (χ1v) is 6.86. The summed E-state index contributed by atoms with van der Waals surface area (Å²) in [5, 5.41) is 20.5. The highest BCUT2D eigenvalue weighted by Gasteiger charge is 2.21. The van der Waals surface area contributed by atoms with Crippen LogP contribution in [0.5, 0.6) is 0 Å². The molecule has 1 aromatic carbocycles. The molecule has 2 atom stereocenters. The number of amides is 1. The normalized spacial score (nSPS) is 13.6. The Balaban J connectivity index is 2.61. The van der Waals surface area contributed by atoms with Gasteiger partial charge in [0.25, 0.3) is 0 Å². The van der Waals surface area contributed by atoms with Crippen LogP contribution in [0.1, 0.15) is 17.7 Å². The Morgan fingerprint density at radius 3 is 2.42 bits per heavy atom. The largest absolute Gasteiger partial charge is 0.480 e. The van der Waals surface area contributed by atoms with Crippen molar-refractivity contribution < 1.29 is 19.8 Å². The lowest BCUT2D eigenvalue weighted by Gasteiger charge is -2.18. The molecule has 0 saturated carbocycles. The number of thioether (sulfide) groups is 1. The predicted octanol–water partition coefficient (Wildman–Crippen LogP) is 1.04. The Bertz CT molecular complexity index is 424. The molecule has 0 saturated heterocycles. The van der Waals surface area contributed by atoms with Gasteiger partial charge in [0.05, 0.1) is 11.9 Å². The van der Waals surface area contributed by atoms with E-state index in [-0.39, 0.29) is 23.5 Å². The van der Waals surface area contributed by atoms with Crippen LogP contribution in [0.4, 0.5) is 0 Å². The molecule has 19 heavy (non-hydrogen) atoms. The van der Waals surface area contributed by atoms with Gasteiger partial charge in [-0.3, -0.25) is 4.79 Å². The minimum atomic E-state index is -1.08. The monoisotopic (exact) mass is 283 g/mol. The highest BCUT2D eigenvalue weighted by molar-refractivity contribution is 7.99. The highest BCUT2D eigenvalue weighted by Crippen LogP contribution is 2.28. The third kappa shape index (κ3) is 5.32. The van der Waals surface area contributed by atoms with Crippen LogP contribution in [-0.4, -0.2) is 40.5 Å². The minimum absolute atomic E-state index is 0.0823. The zero-order valence-corrected chi connectivity index (χ0v) is 11.4. The molecule has 0 unspecified atom stereocenters. The maximum atomic E-state index is 11.0. The first-order valence-electron chi connectivity index (χ1n) is 5.82. The summed E-state index contributed by atoms with van der Waals surface area (Å²) < 4.78 is 0. The van der Waals surface area contributed by atoms with Crippen molar-refractivity contribution in [3.63, 3.8) is 0 Å². The SMILES string of the molecule is CC(=O)N[C@@H](CS[C@@H](CO)c1ccccc1)C(=O)O. The number of rotatable bonds is 7. The van der Waals surface area contributed by atoms with Crippen LogP contribution in [0.3, 0.4) is 0 Å². The van der Waals surface area contributed by atoms with Crippen molar-refractivity contribution in [2.24, 2.45) is 0 Å². The standard InChI is InChI=1S/C13H17NO4S/c1-9(16)14-11(13(17)18)8-19-12(7-15)10-5-3-2-4-6-10/h2-6,11-12,15H,7-8H2,1H3,(H,14,16)(H,17,18)/t11-,12-/m0/s1. The van der Waals surface area contributed by atoms with Gasteiger partial charge in [-0.2, -0.15) is 0 Å². The van der Waals surface area contributed by atoms with E-state index in [0.717, 1.165) is 5.56 Å². The predicted molar refractivity (Wildman–Crippen MR) is 74.0 cm³/mol. The lowest BCUT2D eigenvalue weighted by Crippen LogP contribution is -2.41. The van der Waals surface area contributed by atoms with Gasteiger partial charge >= 0.3 is 5.97 Å².